The molecule has 1 saturated heterocycles. The van der Waals surface area contributed by atoms with Crippen molar-refractivity contribution in [1.82, 2.24) is 5.32 Å². The number of primary amides is 1. The van der Waals surface area contributed by atoms with E-state index in [2.05, 4.69) is 10.2 Å². The van der Waals surface area contributed by atoms with Gasteiger partial charge in [0.15, 0.2) is 0 Å². The summed E-state index contributed by atoms with van der Waals surface area (Å²) in [7, 11) is 0. The van der Waals surface area contributed by atoms with Gasteiger partial charge >= 0.3 is 0 Å². The molecular weight excluding hydrogens is 333 g/mol. The smallest absolute Gasteiger partial charge is 0.248 e. The van der Waals surface area contributed by atoms with Crippen LogP contribution in [0.4, 0.5) is 5.69 Å². The fraction of sp³-hybridized carbons (Fsp3) is 0.235. The van der Waals surface area contributed by atoms with E-state index in [4.69, 9.17) is 28.9 Å². The third kappa shape index (κ3) is 5.43. The van der Waals surface area contributed by atoms with E-state index in [1.807, 2.05) is 36.4 Å². The van der Waals surface area contributed by atoms with E-state index in [1.54, 1.807) is 12.1 Å². The molecule has 0 radical (unpaired) electrons. The van der Waals surface area contributed by atoms with E-state index in [1.165, 1.54) is 0 Å². The number of carbonyl (C=O) groups is 1. The maximum atomic E-state index is 11.0. The quantitative estimate of drug-likeness (QED) is 0.873. The summed E-state index contributed by atoms with van der Waals surface area (Å²) >= 11 is 11.7. The lowest BCUT2D eigenvalue weighted by molar-refractivity contribution is 0.100. The molecule has 23 heavy (non-hydrogen) atoms. The average Bonchev–Trinajstić information content (AvgIpc) is 2.57. The van der Waals surface area contributed by atoms with Crippen LogP contribution < -0.4 is 16.0 Å². The summed E-state index contributed by atoms with van der Waals surface area (Å²) in [6.07, 6.45) is 0. The standard InChI is InChI=1S/C11H14ClN3O.C6H5Cl/c12-9-7-8(11(13)16)1-2-10(9)15-5-3-14-4-6-15;7-6-4-2-1-3-5-6/h1-2,7,14H,3-6H2,(H2,13,16);1-5H. The Hall–Kier alpha value is -1.75. The van der Waals surface area contributed by atoms with Crippen LogP contribution in [0.1, 0.15) is 10.4 Å². The maximum absolute atomic E-state index is 11.0. The summed E-state index contributed by atoms with van der Waals surface area (Å²) in [4.78, 5) is 13.2. The molecule has 6 heteroatoms. The minimum atomic E-state index is -0.450. The lowest BCUT2D eigenvalue weighted by atomic mass is 10.1. The zero-order valence-electron chi connectivity index (χ0n) is 12.6. The molecule has 1 heterocycles. The van der Waals surface area contributed by atoms with Crippen LogP contribution in [0, 0.1) is 0 Å². The van der Waals surface area contributed by atoms with Crippen molar-refractivity contribution in [1.29, 1.82) is 0 Å². The van der Waals surface area contributed by atoms with Crippen molar-refractivity contribution in [2.75, 3.05) is 31.1 Å². The summed E-state index contributed by atoms with van der Waals surface area (Å²) in [6, 6.07) is 14.6. The van der Waals surface area contributed by atoms with Gasteiger partial charge in [0.25, 0.3) is 0 Å². The third-order valence-electron chi connectivity index (χ3n) is 3.42. The highest BCUT2D eigenvalue weighted by atomic mass is 35.5. The Morgan fingerprint density at radius 3 is 2.17 bits per heavy atom. The van der Waals surface area contributed by atoms with Crippen molar-refractivity contribution < 1.29 is 4.79 Å². The minimum absolute atomic E-state index is 0.448. The first-order valence-electron chi connectivity index (χ1n) is 7.33. The molecule has 0 atom stereocenters. The van der Waals surface area contributed by atoms with E-state index in [0.717, 1.165) is 36.9 Å². The predicted octanol–water partition coefficient (Wildman–Crippen LogP) is 3.19. The lowest BCUT2D eigenvalue weighted by Gasteiger charge is -2.30. The van der Waals surface area contributed by atoms with Gasteiger partial charge in [-0.25, -0.2) is 0 Å². The van der Waals surface area contributed by atoms with Crippen LogP contribution in [0.25, 0.3) is 0 Å². The highest BCUT2D eigenvalue weighted by molar-refractivity contribution is 6.33. The summed E-state index contributed by atoms with van der Waals surface area (Å²) in [5, 5.41) is 4.65. The number of hydrogen-bond acceptors (Lipinski definition) is 3. The molecule has 1 aliphatic rings. The number of anilines is 1. The van der Waals surface area contributed by atoms with E-state index < -0.39 is 5.91 Å². The second-order valence-electron chi connectivity index (χ2n) is 5.06. The number of piperazine rings is 1. The van der Waals surface area contributed by atoms with Gasteiger partial charge in [0, 0.05) is 36.8 Å². The topological polar surface area (TPSA) is 58.4 Å². The van der Waals surface area contributed by atoms with Crippen molar-refractivity contribution in [2.24, 2.45) is 5.73 Å². The van der Waals surface area contributed by atoms with E-state index >= 15 is 0 Å². The molecule has 1 fully saturated rings. The fourth-order valence-corrected chi connectivity index (χ4v) is 2.68. The minimum Gasteiger partial charge on any atom is -0.368 e. The second-order valence-corrected chi connectivity index (χ2v) is 5.91. The molecular formula is C17H19Cl2N3O. The largest absolute Gasteiger partial charge is 0.368 e. The Morgan fingerprint density at radius 2 is 1.70 bits per heavy atom. The lowest BCUT2D eigenvalue weighted by Crippen LogP contribution is -2.43. The number of rotatable bonds is 2. The molecule has 0 unspecified atom stereocenters. The Balaban J connectivity index is 0.000000229. The highest BCUT2D eigenvalue weighted by Gasteiger charge is 2.14. The van der Waals surface area contributed by atoms with Crippen molar-refractivity contribution in [2.45, 2.75) is 0 Å². The van der Waals surface area contributed by atoms with Crippen LogP contribution in [0.5, 0.6) is 0 Å². The number of carbonyl (C=O) groups excluding carboxylic acids is 1. The van der Waals surface area contributed by atoms with Gasteiger partial charge in [-0.05, 0) is 30.3 Å². The van der Waals surface area contributed by atoms with Gasteiger partial charge in [0.2, 0.25) is 5.91 Å². The third-order valence-corrected chi connectivity index (χ3v) is 3.98. The van der Waals surface area contributed by atoms with Gasteiger partial charge in [0.05, 0.1) is 10.7 Å². The molecule has 3 N–H and O–H groups in total. The number of halogens is 2. The first-order valence-corrected chi connectivity index (χ1v) is 8.09. The number of nitrogens with two attached hydrogens (primary N) is 1. The van der Waals surface area contributed by atoms with Gasteiger partial charge in [0.1, 0.15) is 0 Å². The SMILES string of the molecule is Clc1ccccc1.NC(=O)c1ccc(N2CCNCC2)c(Cl)c1. The van der Waals surface area contributed by atoms with Crippen LogP contribution in [-0.4, -0.2) is 32.1 Å². The molecule has 1 aliphatic heterocycles. The number of hydrogen-bond donors (Lipinski definition) is 2. The van der Waals surface area contributed by atoms with E-state index in [0.29, 0.717) is 10.6 Å². The van der Waals surface area contributed by atoms with Crippen LogP contribution in [0.3, 0.4) is 0 Å². The molecule has 0 saturated carbocycles. The van der Waals surface area contributed by atoms with Crippen molar-refractivity contribution in [3.63, 3.8) is 0 Å². The Morgan fingerprint density at radius 1 is 1.04 bits per heavy atom. The summed E-state index contributed by atoms with van der Waals surface area (Å²) in [5.74, 6) is -0.450. The van der Waals surface area contributed by atoms with Crippen molar-refractivity contribution >= 4 is 34.8 Å². The first-order chi connectivity index (χ1) is 11.1. The normalized spacial score (nSPS) is 13.9. The Labute approximate surface area is 146 Å². The molecule has 0 spiro atoms. The van der Waals surface area contributed by atoms with Gasteiger partial charge < -0.3 is 16.0 Å². The molecule has 0 aliphatic carbocycles. The molecule has 122 valence electrons. The number of amides is 1. The average molecular weight is 352 g/mol. The number of nitrogens with zero attached hydrogens (tertiary/aromatic N) is 1. The van der Waals surface area contributed by atoms with Crippen molar-refractivity contribution in [3.8, 4) is 0 Å². The molecule has 3 rings (SSSR count). The first kappa shape index (κ1) is 17.6. The number of nitrogens with one attached hydrogen (secondary N) is 1. The summed E-state index contributed by atoms with van der Waals surface area (Å²) in [6.45, 7) is 3.76. The van der Waals surface area contributed by atoms with E-state index in [-0.39, 0.29) is 0 Å². The summed E-state index contributed by atoms with van der Waals surface area (Å²) in [5.41, 5.74) is 6.60. The maximum Gasteiger partial charge on any atom is 0.248 e. The molecule has 0 aromatic heterocycles. The van der Waals surface area contributed by atoms with Gasteiger partial charge in [-0.15, -0.1) is 0 Å². The number of benzene rings is 2. The van der Waals surface area contributed by atoms with E-state index in [9.17, 15) is 4.79 Å². The Bertz CT molecular complexity index is 644. The van der Waals surface area contributed by atoms with Crippen molar-refractivity contribution in [3.05, 3.63) is 64.1 Å². The zero-order valence-corrected chi connectivity index (χ0v) is 14.1. The highest BCUT2D eigenvalue weighted by Crippen LogP contribution is 2.27. The van der Waals surface area contributed by atoms with Gasteiger partial charge in [-0.2, -0.15) is 0 Å². The van der Waals surface area contributed by atoms with Crippen LogP contribution in [0.2, 0.25) is 10.0 Å². The second kappa shape index (κ2) is 8.77. The van der Waals surface area contributed by atoms with Gasteiger partial charge in [-0.1, -0.05) is 41.4 Å². The van der Waals surface area contributed by atoms with Crippen LogP contribution in [-0.2, 0) is 0 Å². The molecule has 0 bridgehead atoms. The summed E-state index contributed by atoms with van der Waals surface area (Å²) < 4.78 is 0. The molecule has 2 aromatic carbocycles. The molecule has 2 aromatic rings. The Kier molecular flexibility index (Phi) is 6.71. The molecule has 4 nitrogen and oxygen atoms in total. The fourth-order valence-electron chi connectivity index (χ4n) is 2.24. The van der Waals surface area contributed by atoms with Crippen LogP contribution in [0.15, 0.2) is 48.5 Å². The monoisotopic (exact) mass is 351 g/mol. The van der Waals surface area contributed by atoms with Crippen LogP contribution >= 0.6 is 23.2 Å². The molecule has 1 amide bonds. The zero-order chi connectivity index (χ0) is 16.7. The predicted molar refractivity (Wildman–Crippen MR) is 96.5 cm³/mol. The van der Waals surface area contributed by atoms with Gasteiger partial charge in [-0.3, -0.25) is 4.79 Å².